The average molecular weight is 291 g/mol. The van der Waals surface area contributed by atoms with Crippen LogP contribution in [0.15, 0.2) is 24.3 Å². The van der Waals surface area contributed by atoms with Gasteiger partial charge in [-0.1, -0.05) is 12.1 Å². The van der Waals surface area contributed by atoms with E-state index in [0.717, 1.165) is 17.7 Å². The van der Waals surface area contributed by atoms with E-state index in [4.69, 9.17) is 9.84 Å². The molecular weight excluding hydrogens is 270 g/mol. The van der Waals surface area contributed by atoms with E-state index in [1.807, 2.05) is 24.3 Å². The lowest BCUT2D eigenvalue weighted by molar-refractivity contribution is -0.145. The Morgan fingerprint density at radius 3 is 2.67 bits per heavy atom. The van der Waals surface area contributed by atoms with Crippen molar-refractivity contribution in [2.24, 2.45) is 5.92 Å². The molecule has 0 aromatic heterocycles. The molecule has 1 saturated heterocycles. The molecule has 5 nitrogen and oxygen atoms in total. The first kappa shape index (κ1) is 15.4. The predicted octanol–water partition coefficient (Wildman–Crippen LogP) is 1.95. The molecule has 21 heavy (non-hydrogen) atoms. The molecule has 2 rings (SSSR count). The van der Waals surface area contributed by atoms with E-state index in [1.54, 1.807) is 12.0 Å². The van der Waals surface area contributed by atoms with E-state index in [-0.39, 0.29) is 5.91 Å². The van der Waals surface area contributed by atoms with Gasteiger partial charge in [0.25, 0.3) is 0 Å². The largest absolute Gasteiger partial charge is 0.497 e. The van der Waals surface area contributed by atoms with Crippen LogP contribution in [0.1, 0.15) is 24.8 Å². The highest BCUT2D eigenvalue weighted by atomic mass is 16.5. The number of rotatable bonds is 5. The summed E-state index contributed by atoms with van der Waals surface area (Å²) in [6.07, 6.45) is 2.51. The van der Waals surface area contributed by atoms with E-state index in [1.165, 1.54) is 0 Å². The van der Waals surface area contributed by atoms with Gasteiger partial charge in [0.1, 0.15) is 5.75 Å². The highest BCUT2D eigenvalue weighted by molar-refractivity contribution is 5.78. The number of nitrogens with zero attached hydrogens (tertiary/aromatic N) is 1. The fourth-order valence-corrected chi connectivity index (χ4v) is 2.61. The molecule has 1 N–H and O–H groups in total. The van der Waals surface area contributed by atoms with Gasteiger partial charge in [0, 0.05) is 19.5 Å². The Balaban J connectivity index is 1.84. The summed E-state index contributed by atoms with van der Waals surface area (Å²) in [5, 5.41) is 9.05. The SMILES string of the molecule is COc1ccc(CCC(=O)N2CCC[C@H](C(=O)O)C2)cc1. The Morgan fingerprint density at radius 1 is 1.33 bits per heavy atom. The van der Waals surface area contributed by atoms with E-state index in [0.29, 0.717) is 32.4 Å². The molecule has 1 amide bonds. The van der Waals surface area contributed by atoms with Crippen LogP contribution in [0.2, 0.25) is 0 Å². The number of carbonyl (C=O) groups excluding carboxylic acids is 1. The number of carbonyl (C=O) groups is 2. The van der Waals surface area contributed by atoms with Crippen LogP contribution >= 0.6 is 0 Å². The Kier molecular flexibility index (Phi) is 5.20. The van der Waals surface area contributed by atoms with Crippen molar-refractivity contribution in [2.75, 3.05) is 20.2 Å². The van der Waals surface area contributed by atoms with Gasteiger partial charge >= 0.3 is 5.97 Å². The van der Waals surface area contributed by atoms with E-state index >= 15 is 0 Å². The predicted molar refractivity (Wildman–Crippen MR) is 78.3 cm³/mol. The second-order valence-electron chi connectivity index (χ2n) is 5.37. The Labute approximate surface area is 124 Å². The minimum Gasteiger partial charge on any atom is -0.497 e. The quantitative estimate of drug-likeness (QED) is 0.900. The molecular formula is C16H21NO4. The summed E-state index contributed by atoms with van der Waals surface area (Å²) in [5.74, 6) is -0.381. The number of likely N-dealkylation sites (tertiary alicyclic amines) is 1. The summed E-state index contributed by atoms with van der Waals surface area (Å²) in [6, 6.07) is 7.65. The van der Waals surface area contributed by atoms with Gasteiger partial charge in [-0.25, -0.2) is 0 Å². The van der Waals surface area contributed by atoms with Gasteiger partial charge in [-0.2, -0.15) is 0 Å². The molecule has 0 aliphatic carbocycles. The van der Waals surface area contributed by atoms with Crippen LogP contribution in [0.5, 0.6) is 5.75 Å². The van der Waals surface area contributed by atoms with Gasteiger partial charge in [0.05, 0.1) is 13.0 Å². The zero-order valence-electron chi connectivity index (χ0n) is 12.2. The second kappa shape index (κ2) is 7.11. The highest BCUT2D eigenvalue weighted by Crippen LogP contribution is 2.18. The lowest BCUT2D eigenvalue weighted by Gasteiger charge is -2.30. The third-order valence-electron chi connectivity index (χ3n) is 3.91. The van der Waals surface area contributed by atoms with Crippen LogP contribution in [-0.2, 0) is 16.0 Å². The zero-order chi connectivity index (χ0) is 15.2. The third-order valence-corrected chi connectivity index (χ3v) is 3.91. The van der Waals surface area contributed by atoms with Crippen LogP contribution in [-0.4, -0.2) is 42.1 Å². The molecule has 0 spiro atoms. The number of aryl methyl sites for hydroxylation is 1. The highest BCUT2D eigenvalue weighted by Gasteiger charge is 2.27. The first-order valence-corrected chi connectivity index (χ1v) is 7.23. The minimum atomic E-state index is -0.803. The summed E-state index contributed by atoms with van der Waals surface area (Å²) in [7, 11) is 1.62. The molecule has 1 fully saturated rings. The number of amides is 1. The fraction of sp³-hybridized carbons (Fsp3) is 0.500. The molecule has 1 aromatic carbocycles. The number of aliphatic carboxylic acids is 1. The number of ether oxygens (including phenoxy) is 1. The molecule has 1 aliphatic rings. The second-order valence-corrected chi connectivity index (χ2v) is 5.37. The van der Waals surface area contributed by atoms with Crippen molar-refractivity contribution in [3.63, 3.8) is 0 Å². The molecule has 114 valence electrons. The summed E-state index contributed by atoms with van der Waals surface area (Å²) in [5.41, 5.74) is 1.08. The van der Waals surface area contributed by atoms with Crippen LogP contribution in [0.3, 0.4) is 0 Å². The van der Waals surface area contributed by atoms with Crippen LogP contribution in [0.25, 0.3) is 0 Å². The number of hydrogen-bond acceptors (Lipinski definition) is 3. The van der Waals surface area contributed by atoms with Gasteiger partial charge in [0.15, 0.2) is 0 Å². The maximum absolute atomic E-state index is 12.2. The summed E-state index contributed by atoms with van der Waals surface area (Å²) in [4.78, 5) is 24.9. The van der Waals surface area contributed by atoms with Crippen molar-refractivity contribution < 1.29 is 19.4 Å². The van der Waals surface area contributed by atoms with Crippen molar-refractivity contribution >= 4 is 11.9 Å². The topological polar surface area (TPSA) is 66.8 Å². The van der Waals surface area contributed by atoms with Crippen molar-refractivity contribution in [1.29, 1.82) is 0 Å². The molecule has 5 heteroatoms. The third kappa shape index (κ3) is 4.21. The van der Waals surface area contributed by atoms with Crippen molar-refractivity contribution in [3.8, 4) is 5.75 Å². The van der Waals surface area contributed by atoms with Gasteiger partial charge in [-0.3, -0.25) is 9.59 Å². The van der Waals surface area contributed by atoms with Crippen molar-refractivity contribution in [2.45, 2.75) is 25.7 Å². The molecule has 0 bridgehead atoms. The van der Waals surface area contributed by atoms with E-state index < -0.39 is 11.9 Å². The Hall–Kier alpha value is -2.04. The molecule has 0 radical (unpaired) electrons. The monoisotopic (exact) mass is 291 g/mol. The lowest BCUT2D eigenvalue weighted by atomic mass is 9.97. The number of hydrogen-bond donors (Lipinski definition) is 1. The van der Waals surface area contributed by atoms with E-state index in [9.17, 15) is 9.59 Å². The Bertz CT molecular complexity index is 498. The molecule has 1 aliphatic heterocycles. The summed E-state index contributed by atoms with van der Waals surface area (Å²) < 4.78 is 5.09. The lowest BCUT2D eigenvalue weighted by Crippen LogP contribution is -2.42. The maximum atomic E-state index is 12.2. The standard InChI is InChI=1S/C16H21NO4/c1-21-14-7-4-12(5-8-14)6-9-15(18)17-10-2-3-13(11-17)16(19)20/h4-5,7-8,13H,2-3,6,9-11H2,1H3,(H,19,20)/t13-/m0/s1. The smallest absolute Gasteiger partial charge is 0.308 e. The first-order valence-electron chi connectivity index (χ1n) is 7.23. The van der Waals surface area contributed by atoms with Gasteiger partial charge < -0.3 is 14.7 Å². The van der Waals surface area contributed by atoms with Crippen molar-refractivity contribution in [1.82, 2.24) is 4.90 Å². The van der Waals surface area contributed by atoms with Crippen LogP contribution in [0.4, 0.5) is 0 Å². The minimum absolute atomic E-state index is 0.0387. The maximum Gasteiger partial charge on any atom is 0.308 e. The number of methoxy groups -OCH3 is 1. The number of carboxylic acids is 1. The summed E-state index contributed by atoms with van der Waals surface area (Å²) in [6.45, 7) is 1.02. The first-order chi connectivity index (χ1) is 10.1. The molecule has 0 saturated carbocycles. The summed E-state index contributed by atoms with van der Waals surface area (Å²) >= 11 is 0. The van der Waals surface area contributed by atoms with Gasteiger partial charge in [-0.05, 0) is 37.0 Å². The van der Waals surface area contributed by atoms with Crippen LogP contribution < -0.4 is 4.74 Å². The normalized spacial score (nSPS) is 18.3. The molecule has 0 unspecified atom stereocenters. The average Bonchev–Trinajstić information content (AvgIpc) is 2.53. The van der Waals surface area contributed by atoms with E-state index in [2.05, 4.69) is 0 Å². The number of carboxylic acid groups (broad SMARTS) is 1. The van der Waals surface area contributed by atoms with Gasteiger partial charge in [-0.15, -0.1) is 0 Å². The molecule has 1 aromatic rings. The van der Waals surface area contributed by atoms with Crippen LogP contribution in [0, 0.1) is 5.92 Å². The molecule has 1 atom stereocenters. The molecule has 1 heterocycles. The number of piperidine rings is 1. The Morgan fingerprint density at radius 2 is 2.05 bits per heavy atom. The number of benzene rings is 1. The van der Waals surface area contributed by atoms with Crippen molar-refractivity contribution in [3.05, 3.63) is 29.8 Å². The van der Waals surface area contributed by atoms with Gasteiger partial charge in [0.2, 0.25) is 5.91 Å². The fourth-order valence-electron chi connectivity index (χ4n) is 2.61. The zero-order valence-corrected chi connectivity index (χ0v) is 12.2.